The number of hydrogen-bond donors (Lipinski definition) is 2. The fraction of sp³-hybridized carbons (Fsp3) is 0.400. The molecule has 70 valence electrons. The van der Waals surface area contributed by atoms with Crippen molar-refractivity contribution in [2.24, 2.45) is 5.73 Å². The zero-order valence-corrected chi connectivity index (χ0v) is 8.53. The zero-order valence-electron chi connectivity index (χ0n) is 7.71. The van der Waals surface area contributed by atoms with Crippen molar-refractivity contribution in [3.05, 3.63) is 23.8 Å². The van der Waals surface area contributed by atoms with E-state index in [1.807, 2.05) is 11.8 Å². The SMILES string of the molecule is CC1CNc2ccc(CN)cc2S1. The van der Waals surface area contributed by atoms with Crippen LogP contribution in [0.4, 0.5) is 5.69 Å². The van der Waals surface area contributed by atoms with E-state index in [-0.39, 0.29) is 0 Å². The summed E-state index contributed by atoms with van der Waals surface area (Å²) in [6.07, 6.45) is 0. The molecule has 0 fully saturated rings. The Morgan fingerprint density at radius 1 is 1.62 bits per heavy atom. The lowest BCUT2D eigenvalue weighted by molar-refractivity contribution is 0.968. The highest BCUT2D eigenvalue weighted by atomic mass is 32.2. The average Bonchev–Trinajstić information content (AvgIpc) is 2.16. The molecule has 3 heteroatoms. The Bertz CT molecular complexity index is 312. The van der Waals surface area contributed by atoms with Gasteiger partial charge in [-0.15, -0.1) is 11.8 Å². The van der Waals surface area contributed by atoms with Gasteiger partial charge in [-0.2, -0.15) is 0 Å². The van der Waals surface area contributed by atoms with E-state index in [4.69, 9.17) is 5.73 Å². The molecule has 0 amide bonds. The van der Waals surface area contributed by atoms with Crippen molar-refractivity contribution in [3.63, 3.8) is 0 Å². The second-order valence-electron chi connectivity index (χ2n) is 3.34. The molecule has 0 bridgehead atoms. The Morgan fingerprint density at radius 2 is 2.46 bits per heavy atom. The van der Waals surface area contributed by atoms with Crippen LogP contribution in [0.2, 0.25) is 0 Å². The molecule has 0 aliphatic carbocycles. The summed E-state index contributed by atoms with van der Waals surface area (Å²) >= 11 is 1.92. The van der Waals surface area contributed by atoms with Crippen LogP contribution in [0.25, 0.3) is 0 Å². The van der Waals surface area contributed by atoms with Crippen LogP contribution in [-0.2, 0) is 6.54 Å². The molecule has 1 aliphatic heterocycles. The fourth-order valence-electron chi connectivity index (χ4n) is 1.45. The lowest BCUT2D eigenvalue weighted by Crippen LogP contribution is -2.18. The molecule has 13 heavy (non-hydrogen) atoms. The maximum atomic E-state index is 5.59. The van der Waals surface area contributed by atoms with Crippen molar-refractivity contribution < 1.29 is 0 Å². The second-order valence-corrected chi connectivity index (χ2v) is 4.82. The lowest BCUT2D eigenvalue weighted by atomic mass is 10.2. The van der Waals surface area contributed by atoms with E-state index in [1.54, 1.807) is 0 Å². The zero-order chi connectivity index (χ0) is 9.26. The third-order valence-corrected chi connectivity index (χ3v) is 3.35. The summed E-state index contributed by atoms with van der Waals surface area (Å²) < 4.78 is 0. The molecule has 0 saturated carbocycles. The molecule has 1 unspecified atom stereocenters. The van der Waals surface area contributed by atoms with Gasteiger partial charge in [0.05, 0.1) is 0 Å². The number of anilines is 1. The van der Waals surface area contributed by atoms with Crippen LogP contribution in [0, 0.1) is 0 Å². The van der Waals surface area contributed by atoms with E-state index in [1.165, 1.54) is 16.1 Å². The smallest absolute Gasteiger partial charge is 0.0479 e. The Kier molecular flexibility index (Phi) is 2.47. The van der Waals surface area contributed by atoms with Crippen LogP contribution in [-0.4, -0.2) is 11.8 Å². The summed E-state index contributed by atoms with van der Waals surface area (Å²) in [5, 5.41) is 4.06. The summed E-state index contributed by atoms with van der Waals surface area (Å²) in [4.78, 5) is 1.33. The monoisotopic (exact) mass is 194 g/mol. The maximum Gasteiger partial charge on any atom is 0.0479 e. The van der Waals surface area contributed by atoms with Crippen molar-refractivity contribution in [1.29, 1.82) is 0 Å². The Morgan fingerprint density at radius 3 is 3.23 bits per heavy atom. The molecule has 2 nitrogen and oxygen atoms in total. The number of nitrogens with one attached hydrogen (secondary N) is 1. The molecule has 0 saturated heterocycles. The van der Waals surface area contributed by atoms with Crippen LogP contribution in [0.1, 0.15) is 12.5 Å². The number of benzene rings is 1. The van der Waals surface area contributed by atoms with Crippen LogP contribution < -0.4 is 11.1 Å². The quantitative estimate of drug-likeness (QED) is 0.718. The molecule has 0 spiro atoms. The lowest BCUT2D eigenvalue weighted by Gasteiger charge is -2.23. The van der Waals surface area contributed by atoms with Crippen molar-refractivity contribution in [1.82, 2.24) is 0 Å². The summed E-state index contributed by atoms with van der Waals surface area (Å²) in [5.74, 6) is 0. The van der Waals surface area contributed by atoms with E-state index in [2.05, 4.69) is 30.4 Å². The van der Waals surface area contributed by atoms with Gasteiger partial charge in [-0.05, 0) is 17.7 Å². The van der Waals surface area contributed by atoms with Gasteiger partial charge in [-0.3, -0.25) is 0 Å². The molecule has 1 atom stereocenters. The van der Waals surface area contributed by atoms with E-state index in [0.29, 0.717) is 11.8 Å². The highest BCUT2D eigenvalue weighted by molar-refractivity contribution is 8.00. The van der Waals surface area contributed by atoms with E-state index in [0.717, 1.165) is 6.54 Å². The summed E-state index contributed by atoms with van der Waals surface area (Å²) in [5.41, 5.74) is 8.05. The van der Waals surface area contributed by atoms with Gasteiger partial charge < -0.3 is 11.1 Å². The molecule has 1 aromatic carbocycles. The van der Waals surface area contributed by atoms with E-state index >= 15 is 0 Å². The molecular weight excluding hydrogens is 180 g/mol. The molecular formula is C10H14N2S. The topological polar surface area (TPSA) is 38.0 Å². The van der Waals surface area contributed by atoms with Gasteiger partial charge in [-0.25, -0.2) is 0 Å². The third-order valence-electron chi connectivity index (χ3n) is 2.19. The van der Waals surface area contributed by atoms with Crippen LogP contribution in [0.5, 0.6) is 0 Å². The van der Waals surface area contributed by atoms with E-state index < -0.39 is 0 Å². The number of fused-ring (bicyclic) bond motifs is 1. The van der Waals surface area contributed by atoms with Gasteiger partial charge in [0.25, 0.3) is 0 Å². The van der Waals surface area contributed by atoms with Gasteiger partial charge in [-0.1, -0.05) is 13.0 Å². The van der Waals surface area contributed by atoms with Gasteiger partial charge in [0.2, 0.25) is 0 Å². The van der Waals surface area contributed by atoms with Crippen molar-refractivity contribution in [2.45, 2.75) is 23.6 Å². The third kappa shape index (κ3) is 1.81. The summed E-state index contributed by atoms with van der Waals surface area (Å²) in [7, 11) is 0. The Hall–Kier alpha value is -0.670. The molecule has 0 radical (unpaired) electrons. The fourth-order valence-corrected chi connectivity index (χ4v) is 2.54. The largest absolute Gasteiger partial charge is 0.383 e. The van der Waals surface area contributed by atoms with Crippen molar-refractivity contribution in [2.75, 3.05) is 11.9 Å². The standard InChI is InChI=1S/C10H14N2S/c1-7-6-12-9-3-2-8(5-11)4-10(9)13-7/h2-4,7,12H,5-6,11H2,1H3. The Balaban J connectivity index is 2.32. The average molecular weight is 194 g/mol. The predicted molar refractivity (Wildman–Crippen MR) is 58.1 cm³/mol. The van der Waals surface area contributed by atoms with Gasteiger partial charge in [0, 0.05) is 28.9 Å². The highest BCUT2D eigenvalue weighted by Gasteiger charge is 2.14. The molecule has 0 aromatic heterocycles. The molecule has 2 rings (SSSR count). The number of nitrogens with two attached hydrogens (primary N) is 1. The van der Waals surface area contributed by atoms with Crippen molar-refractivity contribution in [3.8, 4) is 0 Å². The molecule has 3 N–H and O–H groups in total. The summed E-state index contributed by atoms with van der Waals surface area (Å²) in [6, 6.07) is 6.39. The van der Waals surface area contributed by atoms with Gasteiger partial charge >= 0.3 is 0 Å². The van der Waals surface area contributed by atoms with Gasteiger partial charge in [0.1, 0.15) is 0 Å². The maximum absolute atomic E-state index is 5.59. The first-order valence-electron chi connectivity index (χ1n) is 4.53. The molecule has 1 heterocycles. The Labute approximate surface area is 82.9 Å². The van der Waals surface area contributed by atoms with Crippen molar-refractivity contribution >= 4 is 17.4 Å². The normalized spacial score (nSPS) is 20.6. The van der Waals surface area contributed by atoms with Crippen LogP contribution >= 0.6 is 11.8 Å². The number of rotatable bonds is 1. The van der Waals surface area contributed by atoms with Crippen LogP contribution in [0.15, 0.2) is 23.1 Å². The first kappa shape index (κ1) is 8.91. The molecule has 1 aromatic rings. The minimum absolute atomic E-state index is 0.627. The first-order chi connectivity index (χ1) is 6.29. The number of thioether (sulfide) groups is 1. The molecule has 1 aliphatic rings. The number of hydrogen-bond acceptors (Lipinski definition) is 3. The van der Waals surface area contributed by atoms with Gasteiger partial charge in [0.15, 0.2) is 0 Å². The second kappa shape index (κ2) is 3.60. The first-order valence-corrected chi connectivity index (χ1v) is 5.41. The van der Waals surface area contributed by atoms with E-state index in [9.17, 15) is 0 Å². The minimum atomic E-state index is 0.627. The highest BCUT2D eigenvalue weighted by Crippen LogP contribution is 2.35. The minimum Gasteiger partial charge on any atom is -0.383 e. The van der Waals surface area contributed by atoms with Crippen LogP contribution in [0.3, 0.4) is 0 Å². The summed E-state index contributed by atoms with van der Waals surface area (Å²) in [6.45, 7) is 3.91. The predicted octanol–water partition coefficient (Wildman–Crippen LogP) is 2.05.